The van der Waals surface area contributed by atoms with Gasteiger partial charge in [0.25, 0.3) is 0 Å². The van der Waals surface area contributed by atoms with E-state index in [4.69, 9.17) is 13.9 Å². The lowest BCUT2D eigenvalue weighted by molar-refractivity contribution is -0.991. The number of methoxy groups -OCH3 is 1. The Balaban J connectivity index is 1.92. The fourth-order valence-electron chi connectivity index (χ4n) is 2.19. The van der Waals surface area contributed by atoms with Gasteiger partial charge in [-0.15, -0.1) is 0 Å². The van der Waals surface area contributed by atoms with Crippen molar-refractivity contribution in [3.05, 3.63) is 69.6 Å². The molecule has 0 aliphatic heterocycles. The molecule has 0 saturated heterocycles. The summed E-state index contributed by atoms with van der Waals surface area (Å²) in [5.74, 6) is -1.16. The van der Waals surface area contributed by atoms with Gasteiger partial charge < -0.3 is 19.1 Å². The fraction of sp³-hybridized carbons (Fsp3) is 0.125. The average Bonchev–Trinajstić information content (AvgIpc) is 3.02. The average molecular weight is 363 g/mol. The summed E-state index contributed by atoms with van der Waals surface area (Å²) in [5.41, 5.74) is 0.786. The Hall–Kier alpha value is -3.21. The van der Waals surface area contributed by atoms with Crippen LogP contribution in [0.1, 0.15) is 5.56 Å². The van der Waals surface area contributed by atoms with Crippen molar-refractivity contribution >= 4 is 5.69 Å². The van der Waals surface area contributed by atoms with Crippen LogP contribution in [0.3, 0.4) is 0 Å². The van der Waals surface area contributed by atoms with Gasteiger partial charge in [0.2, 0.25) is 5.69 Å². The van der Waals surface area contributed by atoms with Crippen LogP contribution in [-0.4, -0.2) is 22.1 Å². The first kappa shape index (κ1) is 17.6. The van der Waals surface area contributed by atoms with Gasteiger partial charge in [0.15, 0.2) is 5.75 Å². The molecule has 0 fully saturated rings. The molecule has 1 unspecified atom stereocenters. The normalized spacial score (nSPS) is 12.0. The van der Waals surface area contributed by atoms with E-state index in [1.54, 1.807) is 0 Å². The lowest BCUT2D eigenvalue weighted by Gasteiger charge is -2.17. The number of nitrogens with zero attached hydrogens (tertiary/aromatic N) is 2. The van der Waals surface area contributed by atoms with Crippen molar-refractivity contribution in [1.29, 1.82) is 0 Å². The predicted octanol–water partition coefficient (Wildman–Crippen LogP) is 0.956. The van der Waals surface area contributed by atoms with Gasteiger partial charge in [-0.05, 0) is 23.8 Å². The maximum absolute atomic E-state index is 13.0. The van der Waals surface area contributed by atoms with Crippen molar-refractivity contribution in [2.24, 2.45) is 0 Å². The van der Waals surface area contributed by atoms with Gasteiger partial charge in [-0.25, -0.2) is 14.4 Å². The number of aromatic nitrogens is 2. The Labute approximate surface area is 145 Å². The van der Waals surface area contributed by atoms with Gasteiger partial charge >= 0.3 is 11.8 Å². The molecule has 2 N–H and O–H groups in total. The zero-order valence-corrected chi connectivity index (χ0v) is 13.5. The van der Waals surface area contributed by atoms with Crippen LogP contribution in [0.5, 0.6) is 11.8 Å². The largest absolute Gasteiger partial charge is 0.595 e. The summed E-state index contributed by atoms with van der Waals surface area (Å²) < 4.78 is 28.9. The van der Waals surface area contributed by atoms with Gasteiger partial charge in [0, 0.05) is 12.1 Å². The van der Waals surface area contributed by atoms with Crippen molar-refractivity contribution in [2.45, 2.75) is 6.61 Å². The maximum Gasteiger partial charge on any atom is 0.444 e. The number of ether oxygens (including phenoxy) is 2. The fourth-order valence-corrected chi connectivity index (χ4v) is 2.19. The van der Waals surface area contributed by atoms with E-state index in [0.29, 0.717) is 5.56 Å². The predicted molar refractivity (Wildman–Crippen MR) is 85.2 cm³/mol. The Bertz CT molecular complexity index is 951. The van der Waals surface area contributed by atoms with Gasteiger partial charge in [0.1, 0.15) is 12.4 Å². The zero-order valence-electron chi connectivity index (χ0n) is 13.5. The maximum atomic E-state index is 13.0. The molecule has 1 heterocycles. The molecule has 136 valence electrons. The van der Waals surface area contributed by atoms with Gasteiger partial charge in [0.05, 0.1) is 12.8 Å². The molecule has 26 heavy (non-hydrogen) atoms. The summed E-state index contributed by atoms with van der Waals surface area (Å²) >= 11 is 0. The number of halogens is 1. The summed E-state index contributed by atoms with van der Waals surface area (Å²) in [6.45, 7) is 0.0149. The minimum Gasteiger partial charge on any atom is -0.595 e. The molecule has 3 aromatic rings. The lowest BCUT2D eigenvalue weighted by atomic mass is 10.2. The number of nitrogens with one attached hydrogen (secondary N) is 1. The zero-order chi connectivity index (χ0) is 18.7. The van der Waals surface area contributed by atoms with E-state index in [1.165, 1.54) is 49.6 Å². The Morgan fingerprint density at radius 2 is 2.04 bits per heavy atom. The SMILES string of the molecule is COc1nn(-c2ccc([NH+]([O-])O)c(OCc3ccc(F)cc3)c2)c(=O)o1. The van der Waals surface area contributed by atoms with Crippen LogP contribution in [-0.2, 0) is 6.61 Å². The molecule has 0 spiro atoms. The third-order valence-electron chi connectivity index (χ3n) is 3.45. The van der Waals surface area contributed by atoms with Gasteiger partial charge in [-0.3, -0.25) is 0 Å². The Morgan fingerprint density at radius 3 is 2.65 bits per heavy atom. The van der Waals surface area contributed by atoms with Crippen molar-refractivity contribution in [3.63, 3.8) is 0 Å². The van der Waals surface area contributed by atoms with E-state index in [1.807, 2.05) is 0 Å². The highest BCUT2D eigenvalue weighted by molar-refractivity contribution is 5.52. The molecule has 0 aliphatic rings. The monoisotopic (exact) mass is 363 g/mol. The van der Waals surface area contributed by atoms with Crippen LogP contribution in [0.2, 0.25) is 0 Å². The van der Waals surface area contributed by atoms with Gasteiger partial charge in [-0.1, -0.05) is 17.2 Å². The summed E-state index contributed by atoms with van der Waals surface area (Å²) in [6.07, 6.45) is -0.230. The summed E-state index contributed by atoms with van der Waals surface area (Å²) in [5, 5.41) is 23.3. The van der Waals surface area contributed by atoms with Crippen molar-refractivity contribution in [3.8, 4) is 17.5 Å². The second kappa shape index (κ2) is 7.35. The number of benzene rings is 2. The van der Waals surface area contributed by atoms with E-state index in [2.05, 4.69) is 5.10 Å². The van der Waals surface area contributed by atoms with Crippen molar-refractivity contribution in [1.82, 2.24) is 9.78 Å². The van der Waals surface area contributed by atoms with E-state index >= 15 is 0 Å². The Morgan fingerprint density at radius 1 is 1.31 bits per heavy atom. The van der Waals surface area contributed by atoms with Crippen molar-refractivity contribution in [2.75, 3.05) is 7.11 Å². The van der Waals surface area contributed by atoms with Gasteiger partial charge in [-0.2, -0.15) is 9.91 Å². The highest BCUT2D eigenvalue weighted by Crippen LogP contribution is 2.25. The smallest absolute Gasteiger partial charge is 0.444 e. The molecule has 9 nitrogen and oxygen atoms in total. The van der Waals surface area contributed by atoms with E-state index in [9.17, 15) is 19.6 Å². The number of hydrogen-bond donors (Lipinski definition) is 2. The first-order chi connectivity index (χ1) is 12.5. The minimum absolute atomic E-state index is 0.0149. The number of quaternary nitrogens is 1. The molecule has 1 aromatic heterocycles. The topological polar surface area (TPSA) is 114 Å². The van der Waals surface area contributed by atoms with E-state index in [0.717, 1.165) is 4.68 Å². The summed E-state index contributed by atoms with van der Waals surface area (Å²) in [4.78, 5) is 11.8. The first-order valence-electron chi connectivity index (χ1n) is 7.37. The minimum atomic E-state index is -1.20. The van der Waals surface area contributed by atoms with Crippen LogP contribution >= 0.6 is 0 Å². The van der Waals surface area contributed by atoms with Crippen LogP contribution in [0.25, 0.3) is 5.69 Å². The molecule has 10 heteroatoms. The second-order valence-corrected chi connectivity index (χ2v) is 5.15. The lowest BCUT2D eigenvalue weighted by Crippen LogP contribution is -2.99. The number of rotatable bonds is 6. The molecule has 1 atom stereocenters. The molecule has 0 aliphatic carbocycles. The highest BCUT2D eigenvalue weighted by atomic mass is 19.1. The highest BCUT2D eigenvalue weighted by Gasteiger charge is 2.16. The quantitative estimate of drug-likeness (QED) is 0.627. The van der Waals surface area contributed by atoms with Crippen LogP contribution in [0.4, 0.5) is 10.1 Å². The van der Waals surface area contributed by atoms with Crippen molar-refractivity contribution < 1.29 is 28.7 Å². The molecule has 3 rings (SSSR count). The first-order valence-corrected chi connectivity index (χ1v) is 7.37. The van der Waals surface area contributed by atoms with Crippen LogP contribution in [0, 0.1) is 11.0 Å². The molecule has 0 saturated carbocycles. The third-order valence-corrected chi connectivity index (χ3v) is 3.45. The molecule has 0 radical (unpaired) electrons. The van der Waals surface area contributed by atoms with E-state index in [-0.39, 0.29) is 35.6 Å². The van der Waals surface area contributed by atoms with Crippen LogP contribution < -0.4 is 20.5 Å². The molecular weight excluding hydrogens is 349 g/mol. The molecule has 2 aromatic carbocycles. The summed E-state index contributed by atoms with van der Waals surface area (Å²) in [6, 6.07) is 9.60. The van der Waals surface area contributed by atoms with Crippen LogP contribution in [0.15, 0.2) is 51.7 Å². The standard InChI is InChI=1S/C16H14FN3O6/c1-24-15-18-19(16(21)26-15)12-6-7-13(20(22)23)14(8-12)25-9-10-2-4-11(17)5-3-10/h2-8,20,22H,9H2,1H3. The second-order valence-electron chi connectivity index (χ2n) is 5.15. The molecule has 0 amide bonds. The summed E-state index contributed by atoms with van der Waals surface area (Å²) in [7, 11) is 1.29. The Kier molecular flexibility index (Phi) is 4.98. The van der Waals surface area contributed by atoms with E-state index < -0.39 is 11.0 Å². The third kappa shape index (κ3) is 3.72. The molecule has 0 bridgehead atoms. The number of hydrogen-bond acceptors (Lipinski definition) is 7. The molecular formula is C16H14FN3O6.